The van der Waals surface area contributed by atoms with E-state index in [1.807, 2.05) is 30.5 Å². The Morgan fingerprint density at radius 1 is 0.787 bits per heavy atom. The fourth-order valence-corrected chi connectivity index (χ4v) is 6.32. The summed E-state index contributed by atoms with van der Waals surface area (Å²) in [4.78, 5) is 4.70. The number of hydrogen-bond acceptors (Lipinski definition) is 3. The number of nitrogens with zero attached hydrogens (tertiary/aromatic N) is 4. The third-order valence-electron chi connectivity index (χ3n) is 8.38. The van der Waals surface area contributed by atoms with Crippen LogP contribution >= 0.6 is 0 Å². The molecule has 0 spiro atoms. The zero-order chi connectivity index (χ0) is 32.0. The fraction of sp³-hybridized carbons (Fsp3) is 0.220. The van der Waals surface area contributed by atoms with Gasteiger partial charge in [-0.3, -0.25) is 4.68 Å². The van der Waals surface area contributed by atoms with Crippen LogP contribution in [0.1, 0.15) is 56.6 Å². The van der Waals surface area contributed by atoms with Gasteiger partial charge in [-0.1, -0.05) is 87.7 Å². The minimum Gasteiger partial charge on any atom is -0.509 e. The smallest absolute Gasteiger partial charge is 0.509 e. The molecule has 0 N–H and O–H groups in total. The van der Waals surface area contributed by atoms with Crippen LogP contribution in [0.5, 0.6) is 11.5 Å². The van der Waals surface area contributed by atoms with Gasteiger partial charge in [0.15, 0.2) is 0 Å². The average Bonchev–Trinajstić information content (AvgIpc) is 3.58. The van der Waals surface area contributed by atoms with Crippen molar-refractivity contribution in [2.24, 2.45) is 0 Å². The first-order chi connectivity index (χ1) is 22.2. The summed E-state index contributed by atoms with van der Waals surface area (Å²) < 4.78 is 10.7. The molecule has 0 aliphatic rings. The number of fused-ring (bicyclic) bond motifs is 3. The molecule has 0 aliphatic heterocycles. The van der Waals surface area contributed by atoms with Gasteiger partial charge in [0.2, 0.25) is 0 Å². The normalized spacial score (nSPS) is 11.6. The summed E-state index contributed by atoms with van der Waals surface area (Å²) in [6.07, 6.45) is 3.76. The number of pyridine rings is 1. The van der Waals surface area contributed by atoms with Gasteiger partial charge >= 0.3 is 20.4 Å². The van der Waals surface area contributed by atoms with Gasteiger partial charge in [0.25, 0.3) is 0 Å². The first-order valence-corrected chi connectivity index (χ1v) is 16.0. The number of ether oxygens (including phenoxy) is 1. The number of rotatable bonds is 7. The van der Waals surface area contributed by atoms with Crippen molar-refractivity contribution in [3.8, 4) is 34.1 Å². The van der Waals surface area contributed by atoms with Crippen molar-refractivity contribution in [1.29, 1.82) is 0 Å². The molecular weight excluding hydrogens is 671 g/mol. The van der Waals surface area contributed by atoms with Gasteiger partial charge < -0.3 is 9.30 Å². The zero-order valence-corrected chi connectivity index (χ0v) is 29.2. The molecule has 4 aromatic carbocycles. The molecule has 47 heavy (non-hydrogen) atoms. The number of aryl methyl sites for hydroxylation is 3. The summed E-state index contributed by atoms with van der Waals surface area (Å²) in [5, 5.41) is 7.46. The molecule has 0 radical (unpaired) electrons. The first-order valence-electron chi connectivity index (χ1n) is 16.0. The van der Waals surface area contributed by atoms with Crippen LogP contribution in [0.25, 0.3) is 44.4 Å². The largest absolute Gasteiger partial charge is 2.00 e. The fourth-order valence-electron chi connectivity index (χ4n) is 6.32. The molecule has 0 bridgehead atoms. The molecule has 3 heterocycles. The molecule has 0 saturated carbocycles. The maximum atomic E-state index is 6.48. The molecule has 0 unspecified atom stereocenters. The van der Waals surface area contributed by atoms with E-state index in [1.54, 1.807) is 0 Å². The predicted octanol–water partition coefficient (Wildman–Crippen LogP) is 10.3. The minimum absolute atomic E-state index is 0. The molecule has 0 aliphatic carbocycles. The van der Waals surface area contributed by atoms with E-state index >= 15 is 0 Å². The Balaban J connectivity index is 0.00000386. The van der Waals surface area contributed by atoms with Crippen molar-refractivity contribution < 1.29 is 25.2 Å². The van der Waals surface area contributed by atoms with Crippen molar-refractivity contribution in [2.45, 2.75) is 59.8 Å². The molecule has 7 rings (SSSR count). The van der Waals surface area contributed by atoms with Crippen molar-refractivity contribution in [3.63, 3.8) is 0 Å². The molecule has 238 valence electrons. The van der Waals surface area contributed by atoms with E-state index in [2.05, 4.69) is 130 Å². The number of benzene rings is 4. The van der Waals surface area contributed by atoms with Crippen LogP contribution in [-0.4, -0.2) is 19.3 Å². The summed E-state index contributed by atoms with van der Waals surface area (Å²) in [5.41, 5.74) is 9.75. The van der Waals surface area contributed by atoms with Gasteiger partial charge in [0, 0.05) is 34.2 Å². The molecule has 0 atom stereocenters. The second-order valence-corrected chi connectivity index (χ2v) is 13.1. The van der Waals surface area contributed by atoms with Crippen LogP contribution < -0.4 is 4.74 Å². The van der Waals surface area contributed by atoms with Gasteiger partial charge in [-0.25, -0.2) is 4.98 Å². The molecule has 3 aromatic heterocycles. The zero-order valence-electron chi connectivity index (χ0n) is 27.7. The molecule has 0 fully saturated rings. The van der Waals surface area contributed by atoms with Crippen LogP contribution in [0.4, 0.5) is 0 Å². The Morgan fingerprint density at radius 3 is 2.30 bits per heavy atom. The first kappa shape index (κ1) is 32.4. The summed E-state index contributed by atoms with van der Waals surface area (Å²) in [6.45, 7) is 13.2. The molecule has 7 aromatic rings. The maximum absolute atomic E-state index is 6.48. The summed E-state index contributed by atoms with van der Waals surface area (Å²) in [7, 11) is 0. The second-order valence-electron chi connectivity index (χ2n) is 13.1. The standard InChI is InChI=1S/C41H38N4O.Pd/c1-7-11-35-39(29-18-16-27(2)17-19-29)40(41(4,5)6)45(43-35)30-12-10-13-31(25-30)46-32-20-21-34-33-14-8-9-15-36(33)44(37(34)26-32)38-24-28(3)22-23-42-38;/h8-10,12-24H,7,11H2,1-6H3;/q-2;+2. The van der Waals surface area contributed by atoms with E-state index in [0.29, 0.717) is 11.5 Å². The van der Waals surface area contributed by atoms with Crippen LogP contribution in [0, 0.1) is 26.0 Å². The van der Waals surface area contributed by atoms with E-state index in [9.17, 15) is 0 Å². The van der Waals surface area contributed by atoms with Crippen LogP contribution in [-0.2, 0) is 32.3 Å². The van der Waals surface area contributed by atoms with Crippen LogP contribution in [0.2, 0.25) is 0 Å². The predicted molar refractivity (Wildman–Crippen MR) is 187 cm³/mol. The molecular formula is C41H38N4OPd. The van der Waals surface area contributed by atoms with Gasteiger partial charge in [0.1, 0.15) is 5.82 Å². The molecule has 5 nitrogen and oxygen atoms in total. The SMILES string of the molecule is CCCc1nn(-c2[c-]c(Oc3[c-]c4c(cc3)c3ccccc3n4-c3cc(C)ccn3)ccc2)c(C(C)(C)C)c1-c1ccc(C)cc1.[Pd+2]. The van der Waals surface area contributed by atoms with Crippen molar-refractivity contribution in [1.82, 2.24) is 19.3 Å². The van der Waals surface area contributed by atoms with Gasteiger partial charge in [-0.05, 0) is 60.7 Å². The Morgan fingerprint density at radius 2 is 1.55 bits per heavy atom. The van der Waals surface area contributed by atoms with Gasteiger partial charge in [-0.15, -0.1) is 35.7 Å². The molecule has 6 heteroatoms. The summed E-state index contributed by atoms with van der Waals surface area (Å²) in [5.74, 6) is 2.07. The second kappa shape index (κ2) is 13.0. The summed E-state index contributed by atoms with van der Waals surface area (Å²) in [6, 6.07) is 38.5. The Kier molecular flexibility index (Phi) is 8.94. The average molecular weight is 709 g/mol. The Labute approximate surface area is 290 Å². The van der Waals surface area contributed by atoms with Crippen molar-refractivity contribution in [2.75, 3.05) is 0 Å². The van der Waals surface area contributed by atoms with Gasteiger partial charge in [-0.2, -0.15) is 17.2 Å². The minimum atomic E-state index is -0.167. The van der Waals surface area contributed by atoms with E-state index in [1.165, 1.54) is 16.7 Å². The maximum Gasteiger partial charge on any atom is 2.00 e. The number of aromatic nitrogens is 4. The Bertz CT molecular complexity index is 2200. The topological polar surface area (TPSA) is 44.9 Å². The van der Waals surface area contributed by atoms with E-state index in [4.69, 9.17) is 14.8 Å². The summed E-state index contributed by atoms with van der Waals surface area (Å²) >= 11 is 0. The quantitative estimate of drug-likeness (QED) is 0.122. The molecule has 0 saturated heterocycles. The van der Waals surface area contributed by atoms with Crippen LogP contribution in [0.15, 0.2) is 97.2 Å². The van der Waals surface area contributed by atoms with Crippen molar-refractivity contribution >= 4 is 21.8 Å². The molecule has 0 amide bonds. The number of para-hydroxylation sites is 1. The van der Waals surface area contributed by atoms with E-state index < -0.39 is 0 Å². The van der Waals surface area contributed by atoms with E-state index in [-0.39, 0.29) is 25.8 Å². The van der Waals surface area contributed by atoms with Gasteiger partial charge in [0.05, 0.1) is 11.4 Å². The Hall–Kier alpha value is -4.50. The third-order valence-corrected chi connectivity index (χ3v) is 8.38. The van der Waals surface area contributed by atoms with Crippen LogP contribution in [0.3, 0.4) is 0 Å². The van der Waals surface area contributed by atoms with E-state index in [0.717, 1.165) is 63.1 Å². The monoisotopic (exact) mass is 708 g/mol. The number of hydrogen-bond donors (Lipinski definition) is 0. The van der Waals surface area contributed by atoms with Crippen molar-refractivity contribution in [3.05, 3.63) is 132 Å². The third kappa shape index (κ3) is 6.16.